The third-order valence-corrected chi connectivity index (χ3v) is 6.32. The van der Waals surface area contributed by atoms with Crippen LogP contribution in [-0.2, 0) is 14.1 Å². The molecule has 1 aromatic carbocycles. The molecule has 0 bridgehead atoms. The Morgan fingerprint density at radius 2 is 1.90 bits per heavy atom. The van der Waals surface area contributed by atoms with Crippen LogP contribution >= 0.6 is 11.3 Å². The van der Waals surface area contributed by atoms with E-state index < -0.39 is 11.2 Å². The Balaban J connectivity index is 1.72. The summed E-state index contributed by atoms with van der Waals surface area (Å²) in [6.07, 6.45) is 1.39. The minimum absolute atomic E-state index is 0.224. The molecule has 29 heavy (non-hydrogen) atoms. The Hall–Kier alpha value is -3.33. The topological polar surface area (TPSA) is 90.1 Å². The van der Waals surface area contributed by atoms with Gasteiger partial charge < -0.3 is 4.90 Å². The molecule has 0 aliphatic carbocycles. The molecule has 8 nitrogen and oxygen atoms in total. The van der Waals surface area contributed by atoms with E-state index in [4.69, 9.17) is 0 Å². The zero-order valence-electron chi connectivity index (χ0n) is 16.4. The molecule has 0 radical (unpaired) electrons. The number of hydrogen-bond acceptors (Lipinski definition) is 6. The molecule has 0 aliphatic heterocycles. The van der Waals surface area contributed by atoms with Crippen LogP contribution in [0.4, 0.5) is 0 Å². The van der Waals surface area contributed by atoms with Gasteiger partial charge in [0.15, 0.2) is 0 Å². The van der Waals surface area contributed by atoms with Gasteiger partial charge in [0.25, 0.3) is 11.5 Å². The standard InChI is InChI=1S/C20H19N5O3S/c1-11(17-22-14-7-5-6-8-15(14)29-17)23(2)18(26)12-9-13-16(21-10-12)24(3)20(28)25(4)19(13)27/h5-11H,1-4H3. The molecule has 9 heteroatoms. The van der Waals surface area contributed by atoms with Crippen molar-refractivity contribution < 1.29 is 4.79 Å². The number of carbonyl (C=O) groups is 1. The van der Waals surface area contributed by atoms with Gasteiger partial charge in [-0.2, -0.15) is 0 Å². The van der Waals surface area contributed by atoms with Crippen molar-refractivity contribution in [3.63, 3.8) is 0 Å². The second-order valence-electron chi connectivity index (χ2n) is 6.91. The van der Waals surface area contributed by atoms with Crippen LogP contribution in [-0.4, -0.2) is 37.0 Å². The number of benzene rings is 1. The molecule has 3 heterocycles. The average molecular weight is 409 g/mol. The summed E-state index contributed by atoms with van der Waals surface area (Å²) in [6.45, 7) is 1.91. The fourth-order valence-electron chi connectivity index (χ4n) is 3.20. The number of fused-ring (bicyclic) bond motifs is 2. The molecule has 4 aromatic rings. The summed E-state index contributed by atoms with van der Waals surface area (Å²) in [5.74, 6) is -0.276. The number of aryl methyl sites for hydroxylation is 1. The van der Waals surface area contributed by atoms with Crippen LogP contribution in [0, 0.1) is 0 Å². The highest BCUT2D eigenvalue weighted by molar-refractivity contribution is 7.18. The lowest BCUT2D eigenvalue weighted by molar-refractivity contribution is 0.0742. The highest BCUT2D eigenvalue weighted by Crippen LogP contribution is 2.29. The summed E-state index contributed by atoms with van der Waals surface area (Å²) in [5.41, 5.74) is 0.486. The number of nitrogens with zero attached hydrogens (tertiary/aromatic N) is 5. The number of para-hydroxylation sites is 1. The molecule has 0 aliphatic rings. The van der Waals surface area contributed by atoms with Gasteiger partial charge in [0.1, 0.15) is 10.7 Å². The normalized spacial score (nSPS) is 12.4. The lowest BCUT2D eigenvalue weighted by atomic mass is 10.2. The van der Waals surface area contributed by atoms with E-state index in [0.717, 1.165) is 19.8 Å². The number of rotatable bonds is 3. The Kier molecular flexibility index (Phi) is 4.54. The van der Waals surface area contributed by atoms with E-state index in [2.05, 4.69) is 9.97 Å². The van der Waals surface area contributed by atoms with E-state index in [1.54, 1.807) is 30.3 Å². The van der Waals surface area contributed by atoms with Gasteiger partial charge in [-0.1, -0.05) is 12.1 Å². The van der Waals surface area contributed by atoms with Crippen molar-refractivity contribution in [2.45, 2.75) is 13.0 Å². The quantitative estimate of drug-likeness (QED) is 0.517. The minimum atomic E-state index is -0.480. The first-order chi connectivity index (χ1) is 13.8. The van der Waals surface area contributed by atoms with E-state index in [1.807, 2.05) is 31.2 Å². The fourth-order valence-corrected chi connectivity index (χ4v) is 4.26. The molecule has 0 N–H and O–H groups in total. The van der Waals surface area contributed by atoms with Gasteiger partial charge in [0.05, 0.1) is 27.2 Å². The van der Waals surface area contributed by atoms with Crippen molar-refractivity contribution in [2.24, 2.45) is 14.1 Å². The Labute approximate surface area is 169 Å². The van der Waals surface area contributed by atoms with E-state index in [-0.39, 0.29) is 28.5 Å². The summed E-state index contributed by atoms with van der Waals surface area (Å²) in [6, 6.07) is 9.07. The SMILES string of the molecule is CC(c1nc2ccccc2s1)N(C)C(=O)c1cnc2c(c1)c(=O)n(C)c(=O)n2C. The van der Waals surface area contributed by atoms with Crippen molar-refractivity contribution in [1.29, 1.82) is 0 Å². The molecule has 1 amide bonds. The second kappa shape index (κ2) is 6.93. The van der Waals surface area contributed by atoms with Gasteiger partial charge in [-0.3, -0.25) is 18.7 Å². The van der Waals surface area contributed by atoms with Crippen LogP contribution in [0.25, 0.3) is 21.3 Å². The first-order valence-electron chi connectivity index (χ1n) is 8.98. The van der Waals surface area contributed by atoms with E-state index in [9.17, 15) is 14.4 Å². The highest BCUT2D eigenvalue weighted by Gasteiger charge is 2.23. The van der Waals surface area contributed by atoms with Gasteiger partial charge >= 0.3 is 5.69 Å². The van der Waals surface area contributed by atoms with Gasteiger partial charge in [0.2, 0.25) is 0 Å². The Morgan fingerprint density at radius 3 is 2.62 bits per heavy atom. The van der Waals surface area contributed by atoms with E-state index in [1.165, 1.54) is 23.9 Å². The maximum absolute atomic E-state index is 13.1. The third-order valence-electron chi connectivity index (χ3n) is 5.11. The van der Waals surface area contributed by atoms with Gasteiger partial charge in [0, 0.05) is 27.3 Å². The zero-order valence-corrected chi connectivity index (χ0v) is 17.2. The summed E-state index contributed by atoms with van der Waals surface area (Å²) < 4.78 is 3.36. The minimum Gasteiger partial charge on any atom is -0.332 e. The largest absolute Gasteiger partial charge is 0.332 e. The first kappa shape index (κ1) is 19.0. The second-order valence-corrected chi connectivity index (χ2v) is 7.98. The van der Waals surface area contributed by atoms with Gasteiger partial charge in [-0.25, -0.2) is 14.8 Å². The molecule has 1 atom stereocenters. The molecule has 148 valence electrons. The fraction of sp³-hybridized carbons (Fsp3) is 0.250. The molecule has 4 rings (SSSR count). The maximum Gasteiger partial charge on any atom is 0.332 e. The number of hydrogen-bond donors (Lipinski definition) is 0. The molecular weight excluding hydrogens is 390 g/mol. The average Bonchev–Trinajstić information content (AvgIpc) is 3.18. The van der Waals surface area contributed by atoms with Crippen LogP contribution in [0.1, 0.15) is 28.3 Å². The number of amides is 1. The number of pyridine rings is 1. The lowest BCUT2D eigenvalue weighted by Gasteiger charge is -2.23. The van der Waals surface area contributed by atoms with E-state index in [0.29, 0.717) is 0 Å². The molecular formula is C20H19N5O3S. The number of aromatic nitrogens is 4. The number of carbonyl (C=O) groups excluding carboxylic acids is 1. The molecule has 0 saturated heterocycles. The summed E-state index contributed by atoms with van der Waals surface area (Å²) in [5, 5.41) is 1.05. The van der Waals surface area contributed by atoms with Crippen LogP contribution in [0.5, 0.6) is 0 Å². The number of thiazole rings is 1. The van der Waals surface area contributed by atoms with Gasteiger partial charge in [-0.15, -0.1) is 11.3 Å². The van der Waals surface area contributed by atoms with Crippen molar-refractivity contribution in [3.8, 4) is 0 Å². The van der Waals surface area contributed by atoms with Crippen LogP contribution < -0.4 is 11.2 Å². The van der Waals surface area contributed by atoms with Crippen molar-refractivity contribution in [3.05, 3.63) is 67.9 Å². The predicted octanol–water partition coefficient (Wildman–Crippen LogP) is 2.08. The Bertz CT molecular complexity index is 1350. The smallest absolute Gasteiger partial charge is 0.332 e. The molecule has 0 fully saturated rings. The summed E-state index contributed by atoms with van der Waals surface area (Å²) >= 11 is 1.54. The van der Waals surface area contributed by atoms with E-state index >= 15 is 0 Å². The molecule has 3 aromatic heterocycles. The highest BCUT2D eigenvalue weighted by atomic mass is 32.1. The van der Waals surface area contributed by atoms with Crippen molar-refractivity contribution >= 4 is 38.5 Å². The van der Waals surface area contributed by atoms with Crippen molar-refractivity contribution in [2.75, 3.05) is 7.05 Å². The monoisotopic (exact) mass is 409 g/mol. The zero-order chi connectivity index (χ0) is 20.9. The Morgan fingerprint density at radius 1 is 1.17 bits per heavy atom. The van der Waals surface area contributed by atoms with Crippen LogP contribution in [0.15, 0.2) is 46.1 Å². The molecule has 0 spiro atoms. The van der Waals surface area contributed by atoms with Crippen LogP contribution in [0.2, 0.25) is 0 Å². The maximum atomic E-state index is 13.1. The molecule has 1 unspecified atom stereocenters. The van der Waals surface area contributed by atoms with Crippen LogP contribution in [0.3, 0.4) is 0 Å². The summed E-state index contributed by atoms with van der Waals surface area (Å²) in [7, 11) is 4.64. The lowest BCUT2D eigenvalue weighted by Crippen LogP contribution is -2.37. The third kappa shape index (κ3) is 3.03. The predicted molar refractivity (Wildman–Crippen MR) is 112 cm³/mol. The van der Waals surface area contributed by atoms with Gasteiger partial charge in [-0.05, 0) is 25.1 Å². The summed E-state index contributed by atoms with van der Waals surface area (Å²) in [4.78, 5) is 48.0. The first-order valence-corrected chi connectivity index (χ1v) is 9.79. The van der Waals surface area contributed by atoms with Crippen molar-refractivity contribution in [1.82, 2.24) is 24.0 Å². The molecule has 0 saturated carbocycles.